The Kier molecular flexibility index (Phi) is 10.9. The summed E-state index contributed by atoms with van der Waals surface area (Å²) in [5, 5.41) is 51.0. The Morgan fingerprint density at radius 3 is 1.00 bits per heavy atom. The molecule has 0 saturated heterocycles. The minimum Gasteiger partial charge on any atom is -0.396 e. The Balaban J connectivity index is 0. The molecule has 0 rings (SSSR count). The maximum Gasteiger partial charge on any atom is 0.0856 e. The maximum atomic E-state index is 8.66. The SMILES string of the molecule is CCC(CO)(CO)CO.NC(CO)(CO)CO. The fourth-order valence-electron chi connectivity index (χ4n) is 0.635. The van der Waals surface area contributed by atoms with E-state index in [-0.39, 0.29) is 19.8 Å². The van der Waals surface area contributed by atoms with Gasteiger partial charge in [-0.15, -0.1) is 0 Å². The van der Waals surface area contributed by atoms with E-state index in [9.17, 15) is 0 Å². The smallest absolute Gasteiger partial charge is 0.0856 e. The first kappa shape index (κ1) is 19.1. The van der Waals surface area contributed by atoms with Crippen molar-refractivity contribution in [1.29, 1.82) is 0 Å². The summed E-state index contributed by atoms with van der Waals surface area (Å²) in [5.41, 5.74) is 3.27. The fourth-order valence-corrected chi connectivity index (χ4v) is 0.635. The molecule has 0 atom stereocenters. The highest BCUT2D eigenvalue weighted by Crippen LogP contribution is 2.18. The number of aliphatic hydroxyl groups is 6. The monoisotopic (exact) mass is 255 g/mol. The van der Waals surface area contributed by atoms with E-state index in [1.807, 2.05) is 6.92 Å². The van der Waals surface area contributed by atoms with E-state index < -0.39 is 30.8 Å². The Bertz CT molecular complexity index is 144. The van der Waals surface area contributed by atoms with Crippen LogP contribution in [0.4, 0.5) is 0 Å². The van der Waals surface area contributed by atoms with Crippen LogP contribution < -0.4 is 5.73 Å². The predicted octanol–water partition coefficient (Wildman–Crippen LogP) is -2.98. The number of hydrogen-bond donors (Lipinski definition) is 7. The molecule has 0 aliphatic heterocycles. The van der Waals surface area contributed by atoms with Gasteiger partial charge in [-0.05, 0) is 6.42 Å². The highest BCUT2D eigenvalue weighted by Gasteiger charge is 2.24. The third-order valence-corrected chi connectivity index (χ3v) is 2.70. The van der Waals surface area contributed by atoms with Gasteiger partial charge in [-0.3, -0.25) is 0 Å². The number of aliphatic hydroxyl groups excluding tert-OH is 6. The molecule has 0 bridgehead atoms. The molecular weight excluding hydrogens is 230 g/mol. The Labute approximate surface area is 101 Å². The molecule has 8 N–H and O–H groups in total. The number of hydrogen-bond acceptors (Lipinski definition) is 7. The fraction of sp³-hybridized carbons (Fsp3) is 1.00. The Hall–Kier alpha value is -0.280. The molecule has 0 aromatic carbocycles. The van der Waals surface area contributed by atoms with Crippen molar-refractivity contribution >= 4 is 0 Å². The lowest BCUT2D eigenvalue weighted by Crippen LogP contribution is -2.50. The van der Waals surface area contributed by atoms with Crippen LogP contribution in [0.3, 0.4) is 0 Å². The lowest BCUT2D eigenvalue weighted by atomic mass is 9.88. The van der Waals surface area contributed by atoms with Gasteiger partial charge in [0.1, 0.15) is 0 Å². The second-order valence-electron chi connectivity index (χ2n) is 4.16. The summed E-state index contributed by atoms with van der Waals surface area (Å²) in [6, 6.07) is 0. The summed E-state index contributed by atoms with van der Waals surface area (Å²) in [6.45, 7) is 0.145. The van der Waals surface area contributed by atoms with Crippen LogP contribution in [-0.4, -0.2) is 75.8 Å². The normalized spacial score (nSPS) is 12.0. The third kappa shape index (κ3) is 6.89. The molecule has 0 aliphatic rings. The second-order valence-corrected chi connectivity index (χ2v) is 4.16. The van der Waals surface area contributed by atoms with Crippen LogP contribution in [0, 0.1) is 5.41 Å². The first-order chi connectivity index (χ1) is 7.92. The average molecular weight is 255 g/mol. The van der Waals surface area contributed by atoms with Crippen LogP contribution in [0.15, 0.2) is 0 Å². The van der Waals surface area contributed by atoms with Crippen molar-refractivity contribution in [3.8, 4) is 0 Å². The second kappa shape index (κ2) is 9.72. The van der Waals surface area contributed by atoms with Crippen LogP contribution in [-0.2, 0) is 0 Å². The zero-order valence-electron chi connectivity index (χ0n) is 10.2. The number of nitrogens with two attached hydrogens (primary N) is 1. The van der Waals surface area contributed by atoms with Gasteiger partial charge in [0.2, 0.25) is 0 Å². The molecule has 0 radical (unpaired) electrons. The lowest BCUT2D eigenvalue weighted by molar-refractivity contribution is 0.00304. The van der Waals surface area contributed by atoms with Gasteiger partial charge in [-0.25, -0.2) is 0 Å². The van der Waals surface area contributed by atoms with Crippen molar-refractivity contribution in [3.05, 3.63) is 0 Å². The van der Waals surface area contributed by atoms with Gasteiger partial charge in [0.05, 0.1) is 45.2 Å². The van der Waals surface area contributed by atoms with Gasteiger partial charge in [-0.1, -0.05) is 6.92 Å². The zero-order valence-corrected chi connectivity index (χ0v) is 10.2. The molecule has 0 fully saturated rings. The maximum absolute atomic E-state index is 8.66. The first-order valence-electron chi connectivity index (χ1n) is 5.37. The highest BCUT2D eigenvalue weighted by atomic mass is 16.3. The van der Waals surface area contributed by atoms with Gasteiger partial charge in [-0.2, -0.15) is 0 Å². The van der Waals surface area contributed by atoms with E-state index >= 15 is 0 Å². The van der Waals surface area contributed by atoms with E-state index in [0.29, 0.717) is 6.42 Å². The molecule has 7 nitrogen and oxygen atoms in total. The predicted molar refractivity (Wildman–Crippen MR) is 62.2 cm³/mol. The summed E-state index contributed by atoms with van der Waals surface area (Å²) in [4.78, 5) is 0. The van der Waals surface area contributed by atoms with Gasteiger partial charge in [0.25, 0.3) is 0 Å². The van der Waals surface area contributed by atoms with Crippen LogP contribution in [0.5, 0.6) is 0 Å². The van der Waals surface area contributed by atoms with Gasteiger partial charge < -0.3 is 36.4 Å². The summed E-state index contributed by atoms with van der Waals surface area (Å²) >= 11 is 0. The molecule has 0 aromatic heterocycles. The number of rotatable bonds is 7. The molecule has 0 unspecified atom stereocenters. The van der Waals surface area contributed by atoms with Crippen LogP contribution in [0.2, 0.25) is 0 Å². The van der Waals surface area contributed by atoms with E-state index in [1.165, 1.54) is 0 Å². The molecule has 7 heteroatoms. The van der Waals surface area contributed by atoms with Crippen molar-refractivity contribution in [2.75, 3.05) is 39.6 Å². The summed E-state index contributed by atoms with van der Waals surface area (Å²) in [6.07, 6.45) is 0.594. The molecule has 0 aliphatic carbocycles. The highest BCUT2D eigenvalue weighted by molar-refractivity contribution is 4.80. The quantitative estimate of drug-likeness (QED) is 0.257. The van der Waals surface area contributed by atoms with Crippen molar-refractivity contribution in [2.45, 2.75) is 18.9 Å². The topological polar surface area (TPSA) is 147 Å². The molecule has 0 amide bonds. The van der Waals surface area contributed by atoms with Crippen molar-refractivity contribution in [3.63, 3.8) is 0 Å². The Morgan fingerprint density at radius 1 is 0.706 bits per heavy atom. The van der Waals surface area contributed by atoms with Crippen LogP contribution in [0.1, 0.15) is 13.3 Å². The van der Waals surface area contributed by atoms with E-state index in [0.717, 1.165) is 0 Å². The van der Waals surface area contributed by atoms with Crippen LogP contribution in [0.25, 0.3) is 0 Å². The largest absolute Gasteiger partial charge is 0.396 e. The molecule has 106 valence electrons. The molecule has 17 heavy (non-hydrogen) atoms. The zero-order chi connectivity index (χ0) is 13.9. The third-order valence-electron chi connectivity index (χ3n) is 2.70. The van der Waals surface area contributed by atoms with Crippen molar-refractivity contribution in [1.82, 2.24) is 0 Å². The Morgan fingerprint density at radius 2 is 1.00 bits per heavy atom. The molecule has 0 saturated carbocycles. The lowest BCUT2D eigenvalue weighted by Gasteiger charge is -2.24. The molecule has 0 spiro atoms. The molecule has 0 aromatic rings. The van der Waals surface area contributed by atoms with Crippen molar-refractivity contribution < 1.29 is 30.6 Å². The first-order valence-corrected chi connectivity index (χ1v) is 5.37. The molecule has 0 heterocycles. The van der Waals surface area contributed by atoms with Gasteiger partial charge in [0, 0.05) is 5.41 Å². The summed E-state index contributed by atoms with van der Waals surface area (Å²) < 4.78 is 0. The van der Waals surface area contributed by atoms with Gasteiger partial charge >= 0.3 is 0 Å². The minimum atomic E-state index is -1.21. The average Bonchev–Trinajstić information content (AvgIpc) is 2.42. The van der Waals surface area contributed by atoms with E-state index in [4.69, 9.17) is 36.4 Å². The minimum absolute atomic E-state index is 0.156. The molecular formula is C10H25NO6. The van der Waals surface area contributed by atoms with E-state index in [2.05, 4.69) is 0 Å². The summed E-state index contributed by atoms with van der Waals surface area (Å²) in [5.74, 6) is 0. The van der Waals surface area contributed by atoms with Gasteiger partial charge in [0.15, 0.2) is 0 Å². The van der Waals surface area contributed by atoms with Crippen LogP contribution >= 0.6 is 0 Å². The standard InChI is InChI=1S/C6H14O3.C4H11NO3/c1-2-6(3-7,4-8)5-9;5-4(1-6,2-7)3-8/h7-9H,2-5H2,1H3;6-8H,1-3,5H2. The van der Waals surface area contributed by atoms with Crippen molar-refractivity contribution in [2.24, 2.45) is 11.1 Å². The summed E-state index contributed by atoms with van der Waals surface area (Å²) in [7, 11) is 0. The van der Waals surface area contributed by atoms with E-state index in [1.54, 1.807) is 0 Å².